The third kappa shape index (κ3) is 1.50. The lowest BCUT2D eigenvalue weighted by molar-refractivity contribution is 1.20. The van der Waals surface area contributed by atoms with Gasteiger partial charge in [-0.15, -0.1) is 0 Å². The lowest BCUT2D eigenvalue weighted by Gasteiger charge is -1.99. The van der Waals surface area contributed by atoms with Gasteiger partial charge < -0.3 is 9.97 Å². The number of rotatable bonds is 1. The molecule has 3 heterocycles. The smallest absolute Gasteiger partial charge is 0.181 e. The molecule has 0 radical (unpaired) electrons. The molecule has 0 fully saturated rings. The largest absolute Gasteiger partial charge is 0.354 e. The second-order valence-electron chi connectivity index (χ2n) is 5.24. The van der Waals surface area contributed by atoms with Crippen molar-refractivity contribution in [2.24, 2.45) is 0 Å². The highest BCUT2D eigenvalue weighted by atomic mass is 15.0. The summed E-state index contributed by atoms with van der Waals surface area (Å²) < 4.78 is 0. The van der Waals surface area contributed by atoms with Crippen molar-refractivity contribution in [1.29, 1.82) is 0 Å². The van der Waals surface area contributed by atoms with Gasteiger partial charge in [0.15, 0.2) is 5.65 Å². The summed E-state index contributed by atoms with van der Waals surface area (Å²) in [6.45, 7) is 0. The minimum Gasteiger partial charge on any atom is -0.354 e. The third-order valence-corrected chi connectivity index (χ3v) is 3.96. The molecule has 0 saturated heterocycles. The molecule has 0 bridgehead atoms. The van der Waals surface area contributed by atoms with Crippen LogP contribution in [0.25, 0.3) is 44.4 Å². The lowest BCUT2D eigenvalue weighted by Crippen LogP contribution is -1.82. The Morgan fingerprint density at radius 1 is 0.818 bits per heavy atom. The first-order valence-corrected chi connectivity index (χ1v) is 7.06. The van der Waals surface area contributed by atoms with Gasteiger partial charge in [-0.05, 0) is 12.1 Å². The van der Waals surface area contributed by atoms with E-state index >= 15 is 0 Å². The van der Waals surface area contributed by atoms with Crippen LogP contribution in [0, 0.1) is 0 Å². The van der Waals surface area contributed by atoms with E-state index in [9.17, 15) is 0 Å². The SMILES string of the molecule is c1ccc2c(c1)[nH]c1c(-c3nc4ncncc4[nH]3)cccc12. The highest BCUT2D eigenvalue weighted by Crippen LogP contribution is 2.32. The zero-order valence-electron chi connectivity index (χ0n) is 11.5. The molecule has 5 aromatic rings. The molecule has 2 aromatic carbocycles. The maximum atomic E-state index is 4.58. The van der Waals surface area contributed by atoms with E-state index in [0.29, 0.717) is 5.65 Å². The molecule has 3 aromatic heterocycles. The van der Waals surface area contributed by atoms with Gasteiger partial charge in [0.1, 0.15) is 17.7 Å². The van der Waals surface area contributed by atoms with Crippen LogP contribution in [0.2, 0.25) is 0 Å². The molecule has 104 valence electrons. The van der Waals surface area contributed by atoms with Crippen LogP contribution in [0.1, 0.15) is 0 Å². The van der Waals surface area contributed by atoms with Crippen molar-refractivity contribution >= 4 is 33.0 Å². The molecule has 5 heteroatoms. The van der Waals surface area contributed by atoms with Crippen LogP contribution in [0.5, 0.6) is 0 Å². The quantitative estimate of drug-likeness (QED) is 0.494. The molecule has 0 atom stereocenters. The Morgan fingerprint density at radius 2 is 1.73 bits per heavy atom. The number of fused-ring (bicyclic) bond motifs is 4. The van der Waals surface area contributed by atoms with Gasteiger partial charge in [0.05, 0.1) is 11.7 Å². The lowest BCUT2D eigenvalue weighted by atomic mass is 10.1. The summed E-state index contributed by atoms with van der Waals surface area (Å²) in [7, 11) is 0. The monoisotopic (exact) mass is 285 g/mol. The van der Waals surface area contributed by atoms with Gasteiger partial charge >= 0.3 is 0 Å². The van der Waals surface area contributed by atoms with Gasteiger partial charge in [0, 0.05) is 21.9 Å². The van der Waals surface area contributed by atoms with Gasteiger partial charge in [-0.25, -0.2) is 15.0 Å². The third-order valence-electron chi connectivity index (χ3n) is 3.96. The minimum atomic E-state index is 0.679. The Kier molecular flexibility index (Phi) is 2.16. The van der Waals surface area contributed by atoms with E-state index in [1.807, 2.05) is 6.07 Å². The first kappa shape index (κ1) is 11.4. The summed E-state index contributed by atoms with van der Waals surface area (Å²) in [4.78, 5) is 19.6. The molecule has 0 saturated carbocycles. The average molecular weight is 285 g/mol. The van der Waals surface area contributed by atoms with E-state index < -0.39 is 0 Å². The standard InChI is InChI=1S/C17H11N5/c1-2-7-13-10(4-1)11-5-3-6-12(15(11)20-13)16-21-14-8-18-9-19-17(14)22-16/h1-9,20H,(H,18,19,21,22). The van der Waals surface area contributed by atoms with Crippen molar-refractivity contribution in [1.82, 2.24) is 24.9 Å². The number of H-pyrrole nitrogens is 2. The van der Waals surface area contributed by atoms with Crippen LogP contribution >= 0.6 is 0 Å². The normalized spacial score (nSPS) is 11.6. The number of imidazole rings is 1. The zero-order valence-corrected chi connectivity index (χ0v) is 11.5. The number of nitrogens with one attached hydrogen (secondary N) is 2. The van der Waals surface area contributed by atoms with E-state index in [1.54, 1.807) is 6.20 Å². The molecule has 0 amide bonds. The Balaban J connectivity index is 1.87. The fraction of sp³-hybridized carbons (Fsp3) is 0. The number of para-hydroxylation sites is 2. The van der Waals surface area contributed by atoms with Crippen molar-refractivity contribution in [3.8, 4) is 11.4 Å². The molecule has 0 aliphatic rings. The molecule has 0 aliphatic heterocycles. The molecule has 22 heavy (non-hydrogen) atoms. The maximum absolute atomic E-state index is 4.58. The van der Waals surface area contributed by atoms with Crippen LogP contribution in [-0.2, 0) is 0 Å². The molecule has 5 rings (SSSR count). The van der Waals surface area contributed by atoms with Crippen LogP contribution in [-0.4, -0.2) is 24.9 Å². The number of benzene rings is 2. The van der Waals surface area contributed by atoms with E-state index in [1.165, 1.54) is 17.1 Å². The first-order valence-electron chi connectivity index (χ1n) is 7.06. The molecular weight excluding hydrogens is 274 g/mol. The molecule has 0 unspecified atom stereocenters. The summed E-state index contributed by atoms with van der Waals surface area (Å²) in [6.07, 6.45) is 3.25. The molecule has 0 spiro atoms. The van der Waals surface area contributed by atoms with E-state index in [2.05, 4.69) is 61.3 Å². The fourth-order valence-electron chi connectivity index (χ4n) is 2.96. The predicted octanol–water partition coefficient (Wildman–Crippen LogP) is 3.65. The molecule has 2 N–H and O–H groups in total. The minimum absolute atomic E-state index is 0.679. The van der Waals surface area contributed by atoms with Crippen molar-refractivity contribution in [2.45, 2.75) is 0 Å². The highest BCUT2D eigenvalue weighted by Gasteiger charge is 2.12. The summed E-state index contributed by atoms with van der Waals surface area (Å²) in [6, 6.07) is 14.5. The van der Waals surface area contributed by atoms with Crippen LogP contribution < -0.4 is 0 Å². The summed E-state index contributed by atoms with van der Waals surface area (Å²) in [5.74, 6) is 0.799. The first-order chi connectivity index (χ1) is 10.9. The zero-order chi connectivity index (χ0) is 14.5. The molecule has 5 nitrogen and oxygen atoms in total. The van der Waals surface area contributed by atoms with Crippen molar-refractivity contribution in [3.05, 3.63) is 55.0 Å². The second kappa shape index (κ2) is 4.14. The maximum Gasteiger partial charge on any atom is 0.181 e. The van der Waals surface area contributed by atoms with E-state index in [-0.39, 0.29) is 0 Å². The topological polar surface area (TPSA) is 70.2 Å². The summed E-state index contributed by atoms with van der Waals surface area (Å²) >= 11 is 0. The van der Waals surface area contributed by atoms with Gasteiger partial charge in [0.25, 0.3) is 0 Å². The van der Waals surface area contributed by atoms with Gasteiger partial charge in [-0.3, -0.25) is 0 Å². The Labute approximate surface area is 125 Å². The average Bonchev–Trinajstić information content (AvgIpc) is 3.15. The number of hydrogen-bond acceptors (Lipinski definition) is 3. The number of nitrogens with zero attached hydrogens (tertiary/aromatic N) is 3. The Bertz CT molecular complexity index is 1100. The fourth-order valence-corrected chi connectivity index (χ4v) is 2.96. The van der Waals surface area contributed by atoms with Gasteiger partial charge in [-0.2, -0.15) is 0 Å². The number of aromatic amines is 2. The highest BCUT2D eigenvalue weighted by molar-refractivity contribution is 6.11. The number of aromatic nitrogens is 5. The molecular formula is C17H11N5. The summed E-state index contributed by atoms with van der Waals surface area (Å²) in [5, 5.41) is 2.41. The van der Waals surface area contributed by atoms with E-state index in [0.717, 1.165) is 27.9 Å². The number of hydrogen-bond donors (Lipinski definition) is 2. The Hall–Kier alpha value is -3.21. The Morgan fingerprint density at radius 3 is 2.68 bits per heavy atom. The van der Waals surface area contributed by atoms with Crippen LogP contribution in [0.3, 0.4) is 0 Å². The van der Waals surface area contributed by atoms with Crippen LogP contribution in [0.15, 0.2) is 55.0 Å². The summed E-state index contributed by atoms with van der Waals surface area (Å²) in [5.41, 5.74) is 4.76. The van der Waals surface area contributed by atoms with E-state index in [4.69, 9.17) is 0 Å². The van der Waals surface area contributed by atoms with Crippen molar-refractivity contribution in [3.63, 3.8) is 0 Å². The van der Waals surface area contributed by atoms with Gasteiger partial charge in [0.2, 0.25) is 0 Å². The van der Waals surface area contributed by atoms with Gasteiger partial charge in [-0.1, -0.05) is 30.3 Å². The molecule has 0 aliphatic carbocycles. The predicted molar refractivity (Wildman–Crippen MR) is 86.5 cm³/mol. The van der Waals surface area contributed by atoms with Crippen molar-refractivity contribution in [2.75, 3.05) is 0 Å². The van der Waals surface area contributed by atoms with Crippen LogP contribution in [0.4, 0.5) is 0 Å². The van der Waals surface area contributed by atoms with Crippen molar-refractivity contribution < 1.29 is 0 Å². The second-order valence-corrected chi connectivity index (χ2v) is 5.24.